The molecular formula is C20H18N4O3S. The number of benzene rings is 1. The van der Waals surface area contributed by atoms with Crippen LogP contribution in [0.2, 0.25) is 0 Å². The molecule has 0 spiro atoms. The third kappa shape index (κ3) is 3.54. The van der Waals surface area contributed by atoms with Crippen molar-refractivity contribution in [3.8, 4) is 28.1 Å². The fourth-order valence-electron chi connectivity index (χ4n) is 3.09. The van der Waals surface area contributed by atoms with Gasteiger partial charge in [0, 0.05) is 46.4 Å². The molecule has 0 aliphatic rings. The van der Waals surface area contributed by atoms with Crippen LogP contribution in [0.25, 0.3) is 33.3 Å². The molecule has 28 heavy (non-hydrogen) atoms. The highest BCUT2D eigenvalue weighted by molar-refractivity contribution is 7.92. The summed E-state index contributed by atoms with van der Waals surface area (Å²) in [6.45, 7) is 0. The van der Waals surface area contributed by atoms with Gasteiger partial charge in [-0.05, 0) is 35.9 Å². The number of fused-ring (bicyclic) bond motifs is 1. The number of sulfonamides is 1. The summed E-state index contributed by atoms with van der Waals surface area (Å²) in [6, 6.07) is 13.0. The van der Waals surface area contributed by atoms with Gasteiger partial charge in [-0.3, -0.25) is 4.72 Å². The molecule has 7 nitrogen and oxygen atoms in total. The Morgan fingerprint density at radius 3 is 2.54 bits per heavy atom. The summed E-state index contributed by atoms with van der Waals surface area (Å²) in [5.74, 6) is 0.546. The first-order valence-electron chi connectivity index (χ1n) is 8.49. The highest BCUT2D eigenvalue weighted by Crippen LogP contribution is 2.35. The number of nitrogens with zero attached hydrogens (tertiary/aromatic N) is 2. The second-order valence-electron chi connectivity index (χ2n) is 6.33. The fraction of sp³-hybridized carbons (Fsp3) is 0.100. The molecule has 0 bridgehead atoms. The molecule has 0 radical (unpaired) electrons. The van der Waals surface area contributed by atoms with E-state index in [1.165, 1.54) is 0 Å². The zero-order valence-electron chi connectivity index (χ0n) is 15.3. The first kappa shape index (κ1) is 18.0. The van der Waals surface area contributed by atoms with E-state index >= 15 is 0 Å². The van der Waals surface area contributed by atoms with Crippen molar-refractivity contribution in [3.05, 3.63) is 61.1 Å². The topological polar surface area (TPSA) is 97.0 Å². The lowest BCUT2D eigenvalue weighted by atomic mass is 10.0. The number of aromatic nitrogens is 3. The van der Waals surface area contributed by atoms with Crippen molar-refractivity contribution in [3.63, 3.8) is 0 Å². The van der Waals surface area contributed by atoms with Crippen molar-refractivity contribution in [1.29, 1.82) is 0 Å². The SMILES string of the molecule is COc1ncccc1-c1c[nH]c2ncc(-c3ccc(NS(C)(=O)=O)cc3)cc12. The molecule has 4 aromatic rings. The molecular weight excluding hydrogens is 376 g/mol. The van der Waals surface area contributed by atoms with Gasteiger partial charge in [-0.15, -0.1) is 0 Å². The molecule has 8 heteroatoms. The predicted molar refractivity (Wildman–Crippen MR) is 110 cm³/mol. The fourth-order valence-corrected chi connectivity index (χ4v) is 3.65. The van der Waals surface area contributed by atoms with Crippen LogP contribution >= 0.6 is 0 Å². The van der Waals surface area contributed by atoms with Crippen molar-refractivity contribution >= 4 is 26.7 Å². The lowest BCUT2D eigenvalue weighted by molar-refractivity contribution is 0.400. The summed E-state index contributed by atoms with van der Waals surface area (Å²) in [7, 11) is -1.71. The van der Waals surface area contributed by atoms with E-state index in [1.54, 1.807) is 31.6 Å². The molecule has 3 heterocycles. The van der Waals surface area contributed by atoms with Crippen molar-refractivity contribution in [2.75, 3.05) is 18.1 Å². The predicted octanol–water partition coefficient (Wildman–Crippen LogP) is 3.67. The second-order valence-corrected chi connectivity index (χ2v) is 8.08. The van der Waals surface area contributed by atoms with E-state index < -0.39 is 10.0 Å². The first-order valence-corrected chi connectivity index (χ1v) is 10.4. The zero-order chi connectivity index (χ0) is 19.7. The maximum atomic E-state index is 11.4. The number of nitrogens with one attached hydrogen (secondary N) is 2. The molecule has 0 saturated heterocycles. The Bertz CT molecular complexity index is 1250. The van der Waals surface area contributed by atoms with Crippen LogP contribution < -0.4 is 9.46 Å². The number of H-pyrrole nitrogens is 1. The third-order valence-corrected chi connectivity index (χ3v) is 4.91. The van der Waals surface area contributed by atoms with E-state index in [0.29, 0.717) is 11.6 Å². The number of anilines is 1. The Labute approximate surface area is 162 Å². The van der Waals surface area contributed by atoms with Gasteiger partial charge in [-0.2, -0.15) is 0 Å². The largest absolute Gasteiger partial charge is 0.481 e. The highest BCUT2D eigenvalue weighted by atomic mass is 32.2. The van der Waals surface area contributed by atoms with Gasteiger partial charge in [-0.1, -0.05) is 12.1 Å². The number of hydrogen-bond donors (Lipinski definition) is 2. The van der Waals surface area contributed by atoms with E-state index in [-0.39, 0.29) is 0 Å². The van der Waals surface area contributed by atoms with Crippen LogP contribution in [0.15, 0.2) is 61.1 Å². The van der Waals surface area contributed by atoms with E-state index in [0.717, 1.165) is 39.5 Å². The summed E-state index contributed by atoms with van der Waals surface area (Å²) in [6.07, 6.45) is 6.48. The van der Waals surface area contributed by atoms with Crippen molar-refractivity contribution in [2.45, 2.75) is 0 Å². The van der Waals surface area contributed by atoms with Gasteiger partial charge in [-0.25, -0.2) is 18.4 Å². The number of methoxy groups -OCH3 is 1. The quantitative estimate of drug-likeness (QED) is 0.538. The van der Waals surface area contributed by atoms with Crippen molar-refractivity contribution in [1.82, 2.24) is 15.0 Å². The number of rotatable bonds is 5. The molecule has 2 N–H and O–H groups in total. The van der Waals surface area contributed by atoms with E-state index in [2.05, 4.69) is 19.7 Å². The van der Waals surface area contributed by atoms with Crippen LogP contribution in [0.4, 0.5) is 5.69 Å². The molecule has 142 valence electrons. The number of aromatic amines is 1. The number of hydrogen-bond acceptors (Lipinski definition) is 5. The van der Waals surface area contributed by atoms with Gasteiger partial charge < -0.3 is 9.72 Å². The van der Waals surface area contributed by atoms with Gasteiger partial charge in [0.15, 0.2) is 0 Å². The summed E-state index contributed by atoms with van der Waals surface area (Å²) in [5.41, 5.74) is 4.95. The Balaban J connectivity index is 1.76. The Hall–Kier alpha value is -3.39. The molecule has 0 saturated carbocycles. The van der Waals surface area contributed by atoms with Crippen LogP contribution in [-0.4, -0.2) is 36.7 Å². The molecule has 0 atom stereocenters. The molecule has 3 aromatic heterocycles. The van der Waals surface area contributed by atoms with Crippen LogP contribution in [0.3, 0.4) is 0 Å². The molecule has 4 rings (SSSR count). The summed E-state index contributed by atoms with van der Waals surface area (Å²) >= 11 is 0. The summed E-state index contributed by atoms with van der Waals surface area (Å²) < 4.78 is 30.6. The van der Waals surface area contributed by atoms with Gasteiger partial charge in [0.1, 0.15) is 5.65 Å². The Morgan fingerprint density at radius 1 is 1.04 bits per heavy atom. The number of pyridine rings is 2. The first-order chi connectivity index (χ1) is 13.4. The minimum absolute atomic E-state index is 0.516. The zero-order valence-corrected chi connectivity index (χ0v) is 16.1. The Kier molecular flexibility index (Phi) is 4.48. The van der Waals surface area contributed by atoms with Crippen LogP contribution in [-0.2, 0) is 10.0 Å². The highest BCUT2D eigenvalue weighted by Gasteiger charge is 2.13. The van der Waals surface area contributed by atoms with E-state index in [9.17, 15) is 8.42 Å². The lowest BCUT2D eigenvalue weighted by Crippen LogP contribution is -2.09. The average molecular weight is 394 g/mol. The average Bonchev–Trinajstić information content (AvgIpc) is 3.10. The smallest absolute Gasteiger partial charge is 0.229 e. The van der Waals surface area contributed by atoms with Crippen LogP contribution in [0.5, 0.6) is 5.88 Å². The normalized spacial score (nSPS) is 11.5. The van der Waals surface area contributed by atoms with Gasteiger partial charge in [0.2, 0.25) is 15.9 Å². The minimum Gasteiger partial charge on any atom is -0.481 e. The minimum atomic E-state index is -3.30. The second kappa shape index (κ2) is 6.97. The monoisotopic (exact) mass is 394 g/mol. The summed E-state index contributed by atoms with van der Waals surface area (Å²) in [5, 5.41) is 0.946. The lowest BCUT2D eigenvalue weighted by Gasteiger charge is -2.08. The van der Waals surface area contributed by atoms with Crippen LogP contribution in [0, 0.1) is 0 Å². The van der Waals surface area contributed by atoms with Crippen LogP contribution in [0.1, 0.15) is 0 Å². The standard InChI is InChI=1S/C20H18N4O3S/c1-27-20-16(4-3-9-21-20)18-12-23-19-17(18)10-14(11-22-19)13-5-7-15(8-6-13)24-28(2,25)26/h3-12,24H,1-2H3,(H,22,23). The Morgan fingerprint density at radius 2 is 1.82 bits per heavy atom. The summed E-state index contributed by atoms with van der Waals surface area (Å²) in [4.78, 5) is 12.0. The molecule has 1 aromatic carbocycles. The van der Waals surface area contributed by atoms with Crippen molar-refractivity contribution < 1.29 is 13.2 Å². The molecule has 0 fully saturated rings. The van der Waals surface area contributed by atoms with Gasteiger partial charge in [0.25, 0.3) is 0 Å². The molecule has 0 amide bonds. The van der Waals surface area contributed by atoms with Gasteiger partial charge >= 0.3 is 0 Å². The molecule has 0 unspecified atom stereocenters. The third-order valence-electron chi connectivity index (χ3n) is 4.31. The molecule has 0 aliphatic carbocycles. The number of ether oxygens (including phenoxy) is 1. The maximum absolute atomic E-state index is 11.4. The van der Waals surface area contributed by atoms with Crippen molar-refractivity contribution in [2.24, 2.45) is 0 Å². The molecule has 0 aliphatic heterocycles. The maximum Gasteiger partial charge on any atom is 0.229 e. The van der Waals surface area contributed by atoms with Gasteiger partial charge in [0.05, 0.1) is 13.4 Å². The van der Waals surface area contributed by atoms with E-state index in [1.807, 2.05) is 36.5 Å². The van der Waals surface area contributed by atoms with E-state index in [4.69, 9.17) is 4.74 Å².